The molecule has 74 valence electrons. The number of esters is 1. The largest absolute Gasteiger partial charge is 0.435 e. The highest BCUT2D eigenvalue weighted by Crippen LogP contribution is 2.45. The lowest BCUT2D eigenvalue weighted by atomic mass is 9.80. The van der Waals surface area contributed by atoms with E-state index < -0.39 is 6.29 Å². The number of carbonyl (C=O) groups is 1. The Labute approximate surface area is 78.1 Å². The van der Waals surface area contributed by atoms with E-state index in [0.29, 0.717) is 11.8 Å². The normalized spacial score (nSPS) is 50.1. The van der Waals surface area contributed by atoms with Crippen molar-refractivity contribution in [2.24, 2.45) is 23.7 Å². The van der Waals surface area contributed by atoms with Crippen molar-refractivity contribution in [3.05, 3.63) is 0 Å². The second kappa shape index (κ2) is 2.98. The zero-order chi connectivity index (χ0) is 9.59. The molecule has 1 aliphatic carbocycles. The monoisotopic (exact) mass is 184 g/mol. The second-order valence-corrected chi connectivity index (χ2v) is 4.43. The van der Waals surface area contributed by atoms with Gasteiger partial charge in [0.15, 0.2) is 0 Å². The zero-order valence-electron chi connectivity index (χ0n) is 8.06. The fourth-order valence-electron chi connectivity index (χ4n) is 2.75. The van der Waals surface area contributed by atoms with Crippen LogP contribution in [-0.2, 0) is 9.53 Å². The van der Waals surface area contributed by atoms with E-state index in [4.69, 9.17) is 4.74 Å². The van der Waals surface area contributed by atoms with Gasteiger partial charge in [-0.05, 0) is 24.7 Å². The number of hydrogen-bond acceptors (Lipinski definition) is 3. The molecule has 0 bridgehead atoms. The maximum atomic E-state index is 11.5. The lowest BCUT2D eigenvalue weighted by Gasteiger charge is -2.35. The molecular formula is C10H16O3. The fourth-order valence-corrected chi connectivity index (χ4v) is 2.75. The molecule has 13 heavy (non-hydrogen) atoms. The lowest BCUT2D eigenvalue weighted by molar-refractivity contribution is -0.204. The van der Waals surface area contributed by atoms with Crippen molar-refractivity contribution >= 4 is 5.97 Å². The molecule has 0 aromatic carbocycles. The molecule has 5 atom stereocenters. The summed E-state index contributed by atoms with van der Waals surface area (Å²) >= 11 is 0. The molecule has 3 heteroatoms. The first-order valence-corrected chi connectivity index (χ1v) is 5.00. The minimum absolute atomic E-state index is 0.0402. The minimum Gasteiger partial charge on any atom is -0.435 e. The van der Waals surface area contributed by atoms with Gasteiger partial charge in [-0.3, -0.25) is 4.79 Å². The molecule has 2 fully saturated rings. The molecule has 1 saturated carbocycles. The summed E-state index contributed by atoms with van der Waals surface area (Å²) in [5, 5.41) is 9.44. The van der Waals surface area contributed by atoms with Crippen molar-refractivity contribution < 1.29 is 14.6 Å². The van der Waals surface area contributed by atoms with Crippen molar-refractivity contribution in [2.45, 2.75) is 33.0 Å². The number of carbonyl (C=O) groups excluding carboxylic acids is 1. The van der Waals surface area contributed by atoms with Crippen molar-refractivity contribution in [1.82, 2.24) is 0 Å². The molecule has 0 amide bonds. The van der Waals surface area contributed by atoms with Crippen LogP contribution in [0.4, 0.5) is 0 Å². The van der Waals surface area contributed by atoms with Crippen LogP contribution in [0.5, 0.6) is 0 Å². The Morgan fingerprint density at radius 2 is 2.08 bits per heavy atom. The van der Waals surface area contributed by atoms with E-state index in [1.165, 1.54) is 0 Å². The molecule has 2 aliphatic rings. The highest BCUT2D eigenvalue weighted by Gasteiger charge is 2.48. The number of aliphatic hydroxyl groups excluding tert-OH is 1. The summed E-state index contributed by atoms with van der Waals surface area (Å²) in [5.74, 6) is 0.713. The van der Waals surface area contributed by atoms with Crippen molar-refractivity contribution in [1.29, 1.82) is 0 Å². The van der Waals surface area contributed by atoms with Gasteiger partial charge in [-0.15, -0.1) is 0 Å². The van der Waals surface area contributed by atoms with E-state index in [1.54, 1.807) is 0 Å². The van der Waals surface area contributed by atoms with E-state index in [1.807, 2.05) is 6.92 Å². The van der Waals surface area contributed by atoms with Crippen LogP contribution in [0.1, 0.15) is 26.7 Å². The molecule has 5 unspecified atom stereocenters. The summed E-state index contributed by atoms with van der Waals surface area (Å²) in [6, 6.07) is 0. The number of hydrogen-bond donors (Lipinski definition) is 1. The van der Waals surface area contributed by atoms with Crippen LogP contribution in [0.15, 0.2) is 0 Å². The summed E-state index contributed by atoms with van der Waals surface area (Å²) in [6.07, 6.45) is 1.26. The highest BCUT2D eigenvalue weighted by atomic mass is 16.6. The van der Waals surface area contributed by atoms with E-state index in [2.05, 4.69) is 6.92 Å². The molecule has 0 radical (unpaired) electrons. The Kier molecular flexibility index (Phi) is 2.06. The van der Waals surface area contributed by atoms with Gasteiger partial charge in [0.1, 0.15) is 0 Å². The summed E-state index contributed by atoms with van der Waals surface area (Å²) < 4.78 is 4.90. The smallest absolute Gasteiger partial charge is 0.311 e. The molecule has 0 aromatic rings. The number of fused-ring (bicyclic) bond motifs is 1. The van der Waals surface area contributed by atoms with Crippen LogP contribution >= 0.6 is 0 Å². The number of cyclic esters (lactones) is 1. The quantitative estimate of drug-likeness (QED) is 0.575. The molecule has 3 nitrogen and oxygen atoms in total. The van der Waals surface area contributed by atoms with Crippen LogP contribution in [0.2, 0.25) is 0 Å². The molecule has 0 spiro atoms. The zero-order valence-corrected chi connectivity index (χ0v) is 8.06. The van der Waals surface area contributed by atoms with E-state index in [0.717, 1.165) is 12.8 Å². The van der Waals surface area contributed by atoms with Crippen LogP contribution in [0.3, 0.4) is 0 Å². The van der Waals surface area contributed by atoms with Crippen molar-refractivity contribution in [3.8, 4) is 0 Å². The summed E-state index contributed by atoms with van der Waals surface area (Å²) in [6.45, 7) is 4.06. The predicted molar refractivity (Wildman–Crippen MR) is 46.6 cm³/mol. The molecule has 2 rings (SSSR count). The van der Waals surface area contributed by atoms with Crippen molar-refractivity contribution in [2.75, 3.05) is 0 Å². The van der Waals surface area contributed by atoms with Crippen LogP contribution in [0, 0.1) is 23.7 Å². The number of aliphatic hydroxyl groups is 1. The van der Waals surface area contributed by atoms with Gasteiger partial charge in [-0.1, -0.05) is 13.8 Å². The second-order valence-electron chi connectivity index (χ2n) is 4.43. The molecule has 1 saturated heterocycles. The van der Waals surface area contributed by atoms with Crippen LogP contribution in [0.25, 0.3) is 0 Å². The predicted octanol–water partition coefficient (Wildman–Crippen LogP) is 1.16. The maximum absolute atomic E-state index is 11.5. The third-order valence-corrected chi connectivity index (χ3v) is 3.66. The van der Waals surface area contributed by atoms with Gasteiger partial charge in [-0.25, -0.2) is 0 Å². The third-order valence-electron chi connectivity index (χ3n) is 3.66. The molecule has 1 heterocycles. The van der Waals surface area contributed by atoms with Crippen molar-refractivity contribution in [3.63, 3.8) is 0 Å². The summed E-state index contributed by atoms with van der Waals surface area (Å²) in [7, 11) is 0. The standard InChI is InChI=1S/C10H16O3/c1-5-3-4-7-6(2)9(11)13-10(12)8(5)7/h5-9,11H,3-4H2,1-2H3. The van der Waals surface area contributed by atoms with Crippen LogP contribution < -0.4 is 0 Å². The van der Waals surface area contributed by atoms with E-state index in [9.17, 15) is 9.90 Å². The topological polar surface area (TPSA) is 46.5 Å². The average Bonchev–Trinajstić information content (AvgIpc) is 2.44. The Bertz CT molecular complexity index is 226. The Balaban J connectivity index is 2.21. The lowest BCUT2D eigenvalue weighted by Crippen LogP contribution is -2.43. The highest BCUT2D eigenvalue weighted by molar-refractivity contribution is 5.74. The number of rotatable bonds is 0. The van der Waals surface area contributed by atoms with E-state index >= 15 is 0 Å². The van der Waals surface area contributed by atoms with Gasteiger partial charge in [0, 0.05) is 5.92 Å². The first-order chi connectivity index (χ1) is 6.11. The minimum atomic E-state index is -0.876. The van der Waals surface area contributed by atoms with Gasteiger partial charge in [0.05, 0.1) is 5.92 Å². The number of ether oxygens (including phenoxy) is 1. The Morgan fingerprint density at radius 1 is 1.38 bits per heavy atom. The SMILES string of the molecule is CC1CCC2C(C)C(O)OC(=O)C12. The summed E-state index contributed by atoms with van der Waals surface area (Å²) in [5.41, 5.74) is 0. The van der Waals surface area contributed by atoms with Gasteiger partial charge in [0.25, 0.3) is 0 Å². The van der Waals surface area contributed by atoms with Gasteiger partial charge < -0.3 is 9.84 Å². The molecule has 1 N–H and O–H groups in total. The summed E-state index contributed by atoms with van der Waals surface area (Å²) in [4.78, 5) is 11.5. The van der Waals surface area contributed by atoms with Gasteiger partial charge in [-0.2, -0.15) is 0 Å². The molecule has 0 aromatic heterocycles. The first kappa shape index (κ1) is 9.00. The Hall–Kier alpha value is -0.570. The van der Waals surface area contributed by atoms with Crippen LogP contribution in [-0.4, -0.2) is 17.4 Å². The average molecular weight is 184 g/mol. The fraction of sp³-hybridized carbons (Fsp3) is 0.900. The molecule has 1 aliphatic heterocycles. The Morgan fingerprint density at radius 3 is 2.77 bits per heavy atom. The van der Waals surface area contributed by atoms with Gasteiger partial charge in [0.2, 0.25) is 6.29 Å². The molecular weight excluding hydrogens is 168 g/mol. The van der Waals surface area contributed by atoms with E-state index in [-0.39, 0.29) is 17.8 Å². The first-order valence-electron chi connectivity index (χ1n) is 5.00. The maximum Gasteiger partial charge on any atom is 0.311 e. The van der Waals surface area contributed by atoms with Gasteiger partial charge >= 0.3 is 5.97 Å². The third kappa shape index (κ3) is 1.26.